The molecule has 0 saturated carbocycles. The van der Waals surface area contributed by atoms with Gasteiger partial charge in [-0.1, -0.05) is 6.07 Å². The highest BCUT2D eigenvalue weighted by atomic mass is 16.5. The summed E-state index contributed by atoms with van der Waals surface area (Å²) in [4.78, 5) is 37.6. The summed E-state index contributed by atoms with van der Waals surface area (Å²) in [7, 11) is 1.49. The van der Waals surface area contributed by atoms with Gasteiger partial charge in [0.1, 0.15) is 28.5 Å². The van der Waals surface area contributed by atoms with E-state index in [2.05, 4.69) is 5.32 Å². The van der Waals surface area contributed by atoms with Crippen LogP contribution in [-0.4, -0.2) is 44.8 Å². The Morgan fingerprint density at radius 1 is 1.18 bits per heavy atom. The number of fused-ring (bicyclic) bond motifs is 1. The number of nitrogens with one attached hydrogen (secondary N) is 1. The first kappa shape index (κ1) is 26.4. The predicted molar refractivity (Wildman–Crippen MR) is 137 cm³/mol. The number of carbonyl (C=O) groups excluding carboxylic acids is 2. The SMILES string of the molecule is CCOc1ccc(/C=C(\C#N)C(=O)Oc2ccc3cc(C(=O)NCC4CCCO4)c(=O)oc3c2)cc1OC. The minimum absolute atomic E-state index is 0.0617. The van der Waals surface area contributed by atoms with Crippen LogP contribution in [0.25, 0.3) is 17.0 Å². The van der Waals surface area contributed by atoms with E-state index in [1.54, 1.807) is 24.3 Å². The third-order valence-electron chi connectivity index (χ3n) is 5.82. The van der Waals surface area contributed by atoms with Crippen LogP contribution in [-0.2, 0) is 9.53 Å². The van der Waals surface area contributed by atoms with Crippen LogP contribution >= 0.6 is 0 Å². The van der Waals surface area contributed by atoms with Crippen molar-refractivity contribution >= 4 is 28.9 Å². The summed E-state index contributed by atoms with van der Waals surface area (Å²) in [6.07, 6.45) is 3.09. The van der Waals surface area contributed by atoms with Crippen LogP contribution in [0.2, 0.25) is 0 Å². The maximum absolute atomic E-state index is 12.7. The molecule has 10 nitrogen and oxygen atoms in total. The summed E-state index contributed by atoms with van der Waals surface area (Å²) >= 11 is 0. The highest BCUT2D eigenvalue weighted by Gasteiger charge is 2.20. The van der Waals surface area contributed by atoms with Gasteiger partial charge in [-0.15, -0.1) is 0 Å². The van der Waals surface area contributed by atoms with Crippen molar-refractivity contribution in [3.63, 3.8) is 0 Å². The van der Waals surface area contributed by atoms with Gasteiger partial charge in [-0.05, 0) is 61.7 Å². The fourth-order valence-corrected chi connectivity index (χ4v) is 3.93. The summed E-state index contributed by atoms with van der Waals surface area (Å²) in [5.74, 6) is -0.398. The number of hydrogen-bond acceptors (Lipinski definition) is 9. The Morgan fingerprint density at radius 2 is 2.03 bits per heavy atom. The van der Waals surface area contributed by atoms with Crippen LogP contribution in [0, 0.1) is 11.3 Å². The van der Waals surface area contributed by atoms with Crippen molar-refractivity contribution in [1.29, 1.82) is 5.26 Å². The van der Waals surface area contributed by atoms with Crippen molar-refractivity contribution in [1.82, 2.24) is 5.32 Å². The molecule has 1 aliphatic heterocycles. The lowest BCUT2D eigenvalue weighted by Gasteiger charge is -2.10. The molecule has 4 rings (SSSR count). The molecule has 1 fully saturated rings. The Morgan fingerprint density at radius 3 is 2.74 bits per heavy atom. The van der Waals surface area contributed by atoms with Crippen LogP contribution in [0.15, 0.2) is 57.2 Å². The fraction of sp³-hybridized carbons (Fsp3) is 0.286. The predicted octanol–water partition coefficient (Wildman–Crippen LogP) is 3.62. The number of amides is 1. The normalized spacial score (nSPS) is 15.1. The number of esters is 1. The molecule has 3 aromatic rings. The molecule has 196 valence electrons. The number of nitriles is 1. The largest absolute Gasteiger partial charge is 0.493 e. The van der Waals surface area contributed by atoms with Crippen molar-refractivity contribution < 1.29 is 33.0 Å². The maximum atomic E-state index is 12.7. The Hall–Kier alpha value is -4.62. The molecule has 38 heavy (non-hydrogen) atoms. The van der Waals surface area contributed by atoms with Crippen molar-refractivity contribution in [3.8, 4) is 23.3 Å². The van der Waals surface area contributed by atoms with Crippen LogP contribution in [0.1, 0.15) is 35.7 Å². The Kier molecular flexibility index (Phi) is 8.40. The lowest BCUT2D eigenvalue weighted by Crippen LogP contribution is -2.34. The van der Waals surface area contributed by atoms with Crippen molar-refractivity contribution in [2.75, 3.05) is 26.9 Å². The van der Waals surface area contributed by atoms with E-state index in [0.717, 1.165) is 12.8 Å². The topological polar surface area (TPSA) is 137 Å². The van der Waals surface area contributed by atoms with Crippen LogP contribution < -0.4 is 25.2 Å². The monoisotopic (exact) mass is 518 g/mol. The lowest BCUT2D eigenvalue weighted by atomic mass is 10.1. The molecule has 1 amide bonds. The van der Waals surface area contributed by atoms with E-state index in [4.69, 9.17) is 23.4 Å². The zero-order valence-corrected chi connectivity index (χ0v) is 20.9. The number of benzene rings is 2. The molecular formula is C28H26N2O8. The second-order valence-electron chi connectivity index (χ2n) is 8.39. The van der Waals surface area contributed by atoms with Crippen molar-refractivity contribution in [2.24, 2.45) is 0 Å². The maximum Gasteiger partial charge on any atom is 0.354 e. The van der Waals surface area contributed by atoms with E-state index < -0.39 is 17.5 Å². The van der Waals surface area contributed by atoms with Gasteiger partial charge in [0, 0.05) is 24.6 Å². The van der Waals surface area contributed by atoms with Gasteiger partial charge in [0.2, 0.25) is 0 Å². The van der Waals surface area contributed by atoms with E-state index in [0.29, 0.717) is 42.2 Å². The second-order valence-corrected chi connectivity index (χ2v) is 8.39. The number of hydrogen-bond donors (Lipinski definition) is 1. The molecule has 10 heteroatoms. The molecular weight excluding hydrogens is 492 g/mol. The van der Waals surface area contributed by atoms with Crippen LogP contribution in [0.4, 0.5) is 0 Å². The molecule has 2 aromatic carbocycles. The quantitative estimate of drug-likeness (QED) is 0.148. The highest BCUT2D eigenvalue weighted by molar-refractivity contribution is 6.00. The van der Waals surface area contributed by atoms with Crippen LogP contribution in [0.5, 0.6) is 17.2 Å². The highest BCUT2D eigenvalue weighted by Crippen LogP contribution is 2.29. The molecule has 2 heterocycles. The lowest BCUT2D eigenvalue weighted by molar-refractivity contribution is -0.129. The van der Waals surface area contributed by atoms with E-state index in [1.807, 2.05) is 13.0 Å². The number of nitrogens with zero attached hydrogens (tertiary/aromatic N) is 1. The number of ether oxygens (including phenoxy) is 4. The standard InChI is InChI=1S/C28H26N2O8/c1-3-35-23-9-6-17(12-25(23)34-2)11-19(15-29)27(32)37-20-8-7-18-13-22(28(33)38-24(18)14-20)26(31)30-16-21-5-4-10-36-21/h6-9,11-14,21H,3-5,10,16H2,1-2H3,(H,30,31)/b19-11+. The first-order valence-corrected chi connectivity index (χ1v) is 12.0. The van der Waals surface area contributed by atoms with E-state index >= 15 is 0 Å². The molecule has 1 N–H and O–H groups in total. The third-order valence-corrected chi connectivity index (χ3v) is 5.82. The summed E-state index contributed by atoms with van der Waals surface area (Å²) < 4.78 is 26.9. The van der Waals surface area contributed by atoms with E-state index in [1.165, 1.54) is 31.4 Å². The zero-order chi connectivity index (χ0) is 27.1. The molecule has 1 aliphatic rings. The summed E-state index contributed by atoms with van der Waals surface area (Å²) in [6.45, 7) is 3.27. The Labute approximate surface area is 218 Å². The molecule has 1 saturated heterocycles. The van der Waals surface area contributed by atoms with Gasteiger partial charge in [-0.25, -0.2) is 9.59 Å². The average Bonchev–Trinajstić information content (AvgIpc) is 3.44. The summed E-state index contributed by atoms with van der Waals surface area (Å²) in [6, 6.07) is 12.6. The zero-order valence-electron chi connectivity index (χ0n) is 20.9. The van der Waals surface area contributed by atoms with Gasteiger partial charge in [0.25, 0.3) is 5.91 Å². The number of methoxy groups -OCH3 is 1. The first-order chi connectivity index (χ1) is 18.4. The van der Waals surface area contributed by atoms with Gasteiger partial charge >= 0.3 is 11.6 Å². The van der Waals surface area contributed by atoms with Gasteiger partial charge in [0.15, 0.2) is 11.5 Å². The Balaban J connectivity index is 1.49. The minimum atomic E-state index is -0.896. The van der Waals surface area contributed by atoms with Gasteiger partial charge < -0.3 is 28.7 Å². The van der Waals surface area contributed by atoms with Gasteiger partial charge in [0.05, 0.1) is 19.8 Å². The van der Waals surface area contributed by atoms with Crippen LogP contribution in [0.3, 0.4) is 0 Å². The molecule has 0 radical (unpaired) electrons. The second kappa shape index (κ2) is 12.1. The van der Waals surface area contributed by atoms with Crippen molar-refractivity contribution in [2.45, 2.75) is 25.9 Å². The number of carbonyl (C=O) groups is 2. The molecule has 1 aromatic heterocycles. The molecule has 1 unspecified atom stereocenters. The van der Waals surface area contributed by atoms with Crippen molar-refractivity contribution in [3.05, 3.63) is 69.6 Å². The minimum Gasteiger partial charge on any atom is -0.493 e. The molecule has 0 bridgehead atoms. The van der Waals surface area contributed by atoms with E-state index in [-0.39, 0.29) is 28.6 Å². The number of rotatable bonds is 9. The van der Waals surface area contributed by atoms with Gasteiger partial charge in [-0.3, -0.25) is 4.79 Å². The Bertz CT molecular complexity index is 1480. The third kappa shape index (κ3) is 6.19. The average molecular weight is 519 g/mol. The fourth-order valence-electron chi connectivity index (χ4n) is 3.93. The molecule has 0 spiro atoms. The molecule has 1 atom stereocenters. The molecule has 0 aliphatic carbocycles. The first-order valence-electron chi connectivity index (χ1n) is 12.0. The smallest absolute Gasteiger partial charge is 0.354 e. The summed E-state index contributed by atoms with van der Waals surface area (Å²) in [5, 5.41) is 12.7. The van der Waals surface area contributed by atoms with E-state index in [9.17, 15) is 19.6 Å². The summed E-state index contributed by atoms with van der Waals surface area (Å²) in [5.41, 5.74) is -0.562. The van der Waals surface area contributed by atoms with Gasteiger partial charge in [-0.2, -0.15) is 5.26 Å².